The molecule has 164 valence electrons. The van der Waals surface area contributed by atoms with Crippen molar-refractivity contribution in [3.8, 4) is 5.75 Å². The number of aliphatic hydroxyl groups is 2. The molecule has 12 heteroatoms. The second-order valence-electron chi connectivity index (χ2n) is 5.91. The lowest BCUT2D eigenvalue weighted by Crippen LogP contribution is -2.21. The first kappa shape index (κ1) is 23.9. The molecule has 0 radical (unpaired) electrons. The van der Waals surface area contributed by atoms with Crippen LogP contribution in [0.5, 0.6) is 5.75 Å². The van der Waals surface area contributed by atoms with Crippen molar-refractivity contribution in [2.75, 3.05) is 35.7 Å². The maximum atomic E-state index is 12.6. The smallest absolute Gasteiger partial charge is 0.406 e. The summed E-state index contributed by atoms with van der Waals surface area (Å²) in [5.41, 5.74) is 0.859. The van der Waals surface area contributed by atoms with E-state index in [2.05, 4.69) is 20.7 Å². The molecule has 0 aromatic heterocycles. The van der Waals surface area contributed by atoms with Gasteiger partial charge in [0.25, 0.3) is 0 Å². The van der Waals surface area contributed by atoms with E-state index in [9.17, 15) is 23.1 Å². The summed E-state index contributed by atoms with van der Waals surface area (Å²) >= 11 is 12.0. The number of ether oxygens (including phenoxy) is 1. The van der Waals surface area contributed by atoms with Gasteiger partial charge in [-0.25, -0.2) is 4.79 Å². The average Bonchev–Trinajstić information content (AvgIpc) is 2.61. The number of hydrogen-bond donors (Lipinski definition) is 5. The molecular weight excluding hydrogens is 450 g/mol. The molecule has 2 aromatic carbocycles. The zero-order chi connectivity index (χ0) is 22.3. The molecule has 0 aliphatic heterocycles. The quantitative estimate of drug-likeness (QED) is 0.394. The van der Waals surface area contributed by atoms with E-state index in [-0.39, 0.29) is 53.3 Å². The number of amides is 2. The summed E-state index contributed by atoms with van der Waals surface area (Å²) in [5, 5.41) is 26.1. The third-order valence-electron chi connectivity index (χ3n) is 3.61. The van der Waals surface area contributed by atoms with E-state index < -0.39 is 18.1 Å². The third kappa shape index (κ3) is 7.45. The first-order chi connectivity index (χ1) is 14.1. The van der Waals surface area contributed by atoms with Crippen LogP contribution in [0, 0.1) is 0 Å². The van der Waals surface area contributed by atoms with Crippen LogP contribution in [0.1, 0.15) is 5.56 Å². The normalized spacial score (nSPS) is 11.2. The molecule has 2 amide bonds. The molecule has 5 N–H and O–H groups in total. The van der Waals surface area contributed by atoms with Gasteiger partial charge < -0.3 is 30.9 Å². The van der Waals surface area contributed by atoms with E-state index in [1.54, 1.807) is 0 Å². The molecule has 2 rings (SSSR count). The van der Waals surface area contributed by atoms with Gasteiger partial charge in [0.05, 0.1) is 6.61 Å². The average molecular weight is 468 g/mol. The van der Waals surface area contributed by atoms with Gasteiger partial charge in [0.15, 0.2) is 0 Å². The van der Waals surface area contributed by atoms with E-state index in [0.717, 1.165) is 12.1 Å². The maximum absolute atomic E-state index is 12.6. The molecule has 0 bridgehead atoms. The van der Waals surface area contributed by atoms with Gasteiger partial charge in [-0.05, 0) is 30.2 Å². The number of benzene rings is 2. The molecule has 0 saturated carbocycles. The number of halogens is 5. The van der Waals surface area contributed by atoms with Crippen molar-refractivity contribution in [2.24, 2.45) is 0 Å². The van der Waals surface area contributed by atoms with Gasteiger partial charge in [-0.1, -0.05) is 23.2 Å². The summed E-state index contributed by atoms with van der Waals surface area (Å²) in [5.74, 6) is -0.562. The highest BCUT2D eigenvalue weighted by Crippen LogP contribution is 2.31. The molecule has 7 nitrogen and oxygen atoms in total. The Bertz CT molecular complexity index is 898. The maximum Gasteiger partial charge on any atom is 0.573 e. The predicted octanol–water partition coefficient (Wildman–Crippen LogP) is 4.48. The zero-order valence-corrected chi connectivity index (χ0v) is 16.8. The summed E-state index contributed by atoms with van der Waals surface area (Å²) in [6.07, 6.45) is -4.78. The van der Waals surface area contributed by atoms with Crippen molar-refractivity contribution in [3.05, 3.63) is 45.9 Å². The van der Waals surface area contributed by atoms with Crippen molar-refractivity contribution in [2.45, 2.75) is 12.8 Å². The van der Waals surface area contributed by atoms with Gasteiger partial charge in [0.1, 0.15) is 5.75 Å². The number of rotatable bonds is 8. The van der Waals surface area contributed by atoms with Crippen molar-refractivity contribution in [3.63, 3.8) is 0 Å². The molecule has 0 aliphatic carbocycles. The van der Waals surface area contributed by atoms with E-state index in [1.807, 2.05) is 0 Å². The number of alkyl halides is 3. The van der Waals surface area contributed by atoms with Crippen LogP contribution in [0.15, 0.2) is 30.3 Å². The topological polar surface area (TPSA) is 103 Å². The third-order valence-corrected chi connectivity index (χ3v) is 4.16. The van der Waals surface area contributed by atoms with E-state index in [1.165, 1.54) is 18.2 Å². The Morgan fingerprint density at radius 3 is 2.33 bits per heavy atom. The summed E-state index contributed by atoms with van der Waals surface area (Å²) in [4.78, 5) is 12.4. The number of anilines is 3. The van der Waals surface area contributed by atoms with E-state index in [4.69, 9.17) is 28.3 Å². The van der Waals surface area contributed by atoms with Gasteiger partial charge in [0, 0.05) is 52.4 Å². The van der Waals surface area contributed by atoms with Gasteiger partial charge in [-0.15, -0.1) is 13.2 Å². The Morgan fingerprint density at radius 2 is 1.70 bits per heavy atom. The minimum absolute atomic E-state index is 0.00785. The summed E-state index contributed by atoms with van der Waals surface area (Å²) in [7, 11) is 0. The molecule has 0 heterocycles. The summed E-state index contributed by atoms with van der Waals surface area (Å²) in [6, 6.07) is 5.51. The molecule has 0 spiro atoms. The second-order valence-corrected chi connectivity index (χ2v) is 6.75. The van der Waals surface area contributed by atoms with Gasteiger partial charge in [-0.2, -0.15) is 0 Å². The lowest BCUT2D eigenvalue weighted by atomic mass is 10.1. The van der Waals surface area contributed by atoms with Crippen LogP contribution in [0.25, 0.3) is 0 Å². The van der Waals surface area contributed by atoms with Gasteiger partial charge in [0.2, 0.25) is 0 Å². The lowest BCUT2D eigenvalue weighted by Gasteiger charge is -2.16. The standard InChI is InChI=1S/C18H18Cl2F3N3O4/c19-10-5-15(20)14(1-3-27)16(6-10)26-17(29)25-12-7-11(24-2-4-28)8-13(9-12)30-18(21,22)23/h5-9,24,27-28H,1-4H2,(H2,25,26,29). The van der Waals surface area contributed by atoms with Crippen molar-refractivity contribution >= 4 is 46.3 Å². The number of aliphatic hydroxyl groups excluding tert-OH is 2. The minimum atomic E-state index is -4.92. The van der Waals surface area contributed by atoms with Crippen molar-refractivity contribution < 1.29 is 32.9 Å². The fourth-order valence-corrected chi connectivity index (χ4v) is 3.12. The van der Waals surface area contributed by atoms with E-state index >= 15 is 0 Å². The van der Waals surface area contributed by atoms with Crippen LogP contribution < -0.4 is 20.7 Å². The van der Waals surface area contributed by atoms with Crippen LogP contribution in [-0.2, 0) is 6.42 Å². The molecular formula is C18H18Cl2F3N3O4. The first-order valence-corrected chi connectivity index (χ1v) is 9.29. The largest absolute Gasteiger partial charge is 0.573 e. The lowest BCUT2D eigenvalue weighted by molar-refractivity contribution is -0.274. The molecule has 0 atom stereocenters. The highest BCUT2D eigenvalue weighted by Gasteiger charge is 2.31. The fourth-order valence-electron chi connectivity index (χ4n) is 2.53. The number of hydrogen-bond acceptors (Lipinski definition) is 5. The molecule has 0 saturated heterocycles. The van der Waals surface area contributed by atoms with Crippen LogP contribution in [0.2, 0.25) is 10.0 Å². The Hall–Kier alpha value is -2.40. The molecule has 30 heavy (non-hydrogen) atoms. The number of nitrogens with one attached hydrogen (secondary N) is 3. The SMILES string of the molecule is O=C(Nc1cc(NCCO)cc(OC(F)(F)F)c1)Nc1cc(Cl)cc(Cl)c1CCO. The number of urea groups is 1. The number of carbonyl (C=O) groups excluding carboxylic acids is 1. The van der Waals surface area contributed by atoms with Crippen LogP contribution in [0.4, 0.5) is 35.0 Å². The van der Waals surface area contributed by atoms with Crippen molar-refractivity contribution in [1.29, 1.82) is 0 Å². The Balaban J connectivity index is 2.24. The highest BCUT2D eigenvalue weighted by atomic mass is 35.5. The monoisotopic (exact) mass is 467 g/mol. The zero-order valence-electron chi connectivity index (χ0n) is 15.3. The van der Waals surface area contributed by atoms with Crippen LogP contribution >= 0.6 is 23.2 Å². The predicted molar refractivity (Wildman–Crippen MR) is 109 cm³/mol. The first-order valence-electron chi connectivity index (χ1n) is 8.53. The van der Waals surface area contributed by atoms with Gasteiger partial charge >= 0.3 is 12.4 Å². The Kier molecular flexibility index (Phi) is 8.42. The van der Waals surface area contributed by atoms with Crippen LogP contribution in [0.3, 0.4) is 0 Å². The summed E-state index contributed by atoms with van der Waals surface area (Å²) in [6.45, 7) is -0.405. The fraction of sp³-hybridized carbons (Fsp3) is 0.278. The molecule has 2 aromatic rings. The minimum Gasteiger partial charge on any atom is -0.406 e. The highest BCUT2D eigenvalue weighted by molar-refractivity contribution is 6.35. The van der Waals surface area contributed by atoms with E-state index in [0.29, 0.717) is 5.56 Å². The van der Waals surface area contributed by atoms with Crippen LogP contribution in [-0.4, -0.2) is 42.4 Å². The molecule has 0 unspecified atom stereocenters. The Morgan fingerprint density at radius 1 is 1.00 bits per heavy atom. The van der Waals surface area contributed by atoms with Crippen molar-refractivity contribution in [1.82, 2.24) is 0 Å². The molecule has 0 aliphatic rings. The number of carbonyl (C=O) groups is 1. The second kappa shape index (κ2) is 10.6. The Labute approximate surface area is 179 Å². The van der Waals surface area contributed by atoms with Gasteiger partial charge in [-0.3, -0.25) is 0 Å². The molecule has 0 fully saturated rings. The summed E-state index contributed by atoms with van der Waals surface area (Å²) < 4.78 is 41.6.